The molecule has 1 aromatic carbocycles. The van der Waals surface area contributed by atoms with E-state index in [9.17, 15) is 0 Å². The molecule has 1 aromatic rings. The lowest BCUT2D eigenvalue weighted by Gasteiger charge is -2.12. The first-order valence-corrected chi connectivity index (χ1v) is 8.43. The fourth-order valence-corrected chi connectivity index (χ4v) is 2.17. The second kappa shape index (κ2) is 12.6. The van der Waals surface area contributed by atoms with Gasteiger partial charge in [0.2, 0.25) is 0 Å². The summed E-state index contributed by atoms with van der Waals surface area (Å²) in [6.07, 6.45) is 0.923. The third kappa shape index (κ3) is 8.74. The predicted octanol–water partition coefficient (Wildman–Crippen LogP) is 2.11. The SMILES string of the molecule is CCNC(=NCc1cc(C)cc(OC)c1)NCCCOCCOC. The number of benzene rings is 1. The molecule has 0 amide bonds. The molecule has 0 aliphatic heterocycles. The minimum absolute atomic E-state index is 0.609. The molecule has 0 aromatic heterocycles. The molecule has 0 aliphatic carbocycles. The van der Waals surface area contributed by atoms with Gasteiger partial charge < -0.3 is 24.8 Å². The van der Waals surface area contributed by atoms with Gasteiger partial charge in [-0.25, -0.2) is 4.99 Å². The highest BCUT2D eigenvalue weighted by molar-refractivity contribution is 5.79. The minimum atomic E-state index is 0.609. The summed E-state index contributed by atoms with van der Waals surface area (Å²) in [5, 5.41) is 6.58. The summed E-state index contributed by atoms with van der Waals surface area (Å²) in [5.41, 5.74) is 2.30. The third-order valence-corrected chi connectivity index (χ3v) is 3.30. The zero-order chi connectivity index (χ0) is 17.6. The zero-order valence-corrected chi connectivity index (χ0v) is 15.4. The van der Waals surface area contributed by atoms with Crippen molar-refractivity contribution in [2.45, 2.75) is 26.8 Å². The molecule has 1 rings (SSSR count). The summed E-state index contributed by atoms with van der Waals surface area (Å²) in [6, 6.07) is 6.16. The van der Waals surface area contributed by atoms with Crippen molar-refractivity contribution in [3.05, 3.63) is 29.3 Å². The van der Waals surface area contributed by atoms with E-state index in [-0.39, 0.29) is 0 Å². The van der Waals surface area contributed by atoms with Crippen molar-refractivity contribution < 1.29 is 14.2 Å². The molecule has 0 radical (unpaired) electrons. The Bertz CT molecular complexity index is 492. The van der Waals surface area contributed by atoms with Crippen LogP contribution in [0.1, 0.15) is 24.5 Å². The van der Waals surface area contributed by atoms with Crippen LogP contribution in [-0.2, 0) is 16.0 Å². The van der Waals surface area contributed by atoms with E-state index in [1.807, 2.05) is 12.1 Å². The van der Waals surface area contributed by atoms with E-state index in [0.29, 0.717) is 26.4 Å². The molecular formula is C18H31N3O3. The summed E-state index contributed by atoms with van der Waals surface area (Å²) < 4.78 is 15.7. The summed E-state index contributed by atoms with van der Waals surface area (Å²) in [5.74, 6) is 1.68. The molecule has 0 spiro atoms. The lowest BCUT2D eigenvalue weighted by molar-refractivity contribution is 0.0698. The van der Waals surface area contributed by atoms with Crippen LogP contribution < -0.4 is 15.4 Å². The number of methoxy groups -OCH3 is 2. The van der Waals surface area contributed by atoms with Crippen molar-refractivity contribution in [2.75, 3.05) is 47.1 Å². The highest BCUT2D eigenvalue weighted by Crippen LogP contribution is 2.16. The van der Waals surface area contributed by atoms with Crippen LogP contribution in [0.5, 0.6) is 5.75 Å². The van der Waals surface area contributed by atoms with Crippen molar-refractivity contribution in [1.29, 1.82) is 0 Å². The van der Waals surface area contributed by atoms with Crippen molar-refractivity contribution >= 4 is 5.96 Å². The molecule has 2 N–H and O–H groups in total. The number of nitrogens with one attached hydrogen (secondary N) is 2. The van der Waals surface area contributed by atoms with E-state index in [0.717, 1.165) is 36.8 Å². The molecule has 6 heteroatoms. The zero-order valence-electron chi connectivity index (χ0n) is 15.4. The second-order valence-electron chi connectivity index (χ2n) is 5.44. The Hall–Kier alpha value is -1.79. The Morgan fingerprint density at radius 1 is 1.08 bits per heavy atom. The molecule has 24 heavy (non-hydrogen) atoms. The Balaban J connectivity index is 2.43. The fourth-order valence-electron chi connectivity index (χ4n) is 2.17. The number of aryl methyl sites for hydroxylation is 1. The van der Waals surface area contributed by atoms with E-state index < -0.39 is 0 Å². The fraction of sp³-hybridized carbons (Fsp3) is 0.611. The van der Waals surface area contributed by atoms with Crippen LogP contribution in [0.4, 0.5) is 0 Å². The van der Waals surface area contributed by atoms with Crippen molar-refractivity contribution in [3.63, 3.8) is 0 Å². The summed E-state index contributed by atoms with van der Waals surface area (Å²) in [4.78, 5) is 4.63. The van der Waals surface area contributed by atoms with E-state index in [2.05, 4.69) is 35.5 Å². The number of aliphatic imine (C=N–C) groups is 1. The molecule has 0 fully saturated rings. The van der Waals surface area contributed by atoms with Gasteiger partial charge in [-0.2, -0.15) is 0 Å². The minimum Gasteiger partial charge on any atom is -0.497 e. The highest BCUT2D eigenvalue weighted by atomic mass is 16.5. The average molecular weight is 337 g/mol. The largest absolute Gasteiger partial charge is 0.497 e. The second-order valence-corrected chi connectivity index (χ2v) is 5.44. The van der Waals surface area contributed by atoms with E-state index in [1.165, 1.54) is 5.56 Å². The normalized spacial score (nSPS) is 11.4. The number of hydrogen-bond donors (Lipinski definition) is 2. The number of rotatable bonds is 11. The molecule has 0 saturated heterocycles. The monoisotopic (exact) mass is 337 g/mol. The Morgan fingerprint density at radius 2 is 1.92 bits per heavy atom. The van der Waals surface area contributed by atoms with Gasteiger partial charge in [0.05, 0.1) is 26.9 Å². The first-order valence-electron chi connectivity index (χ1n) is 8.43. The maximum Gasteiger partial charge on any atom is 0.191 e. The smallest absolute Gasteiger partial charge is 0.191 e. The van der Waals surface area contributed by atoms with Crippen LogP contribution in [0.25, 0.3) is 0 Å². The van der Waals surface area contributed by atoms with Crippen LogP contribution in [0.2, 0.25) is 0 Å². The maximum atomic E-state index is 5.44. The molecule has 0 aliphatic rings. The van der Waals surface area contributed by atoms with Gasteiger partial charge in [0.1, 0.15) is 5.75 Å². The average Bonchev–Trinajstić information content (AvgIpc) is 2.58. The van der Waals surface area contributed by atoms with Crippen LogP contribution >= 0.6 is 0 Å². The van der Waals surface area contributed by atoms with Crippen LogP contribution in [0.3, 0.4) is 0 Å². The lowest BCUT2D eigenvalue weighted by atomic mass is 10.1. The van der Waals surface area contributed by atoms with Gasteiger partial charge in [-0.1, -0.05) is 6.07 Å². The highest BCUT2D eigenvalue weighted by Gasteiger charge is 2.01. The molecule has 0 saturated carbocycles. The summed E-state index contributed by atoms with van der Waals surface area (Å²) in [7, 11) is 3.36. The molecule has 0 atom stereocenters. The molecule has 0 bridgehead atoms. The van der Waals surface area contributed by atoms with Gasteiger partial charge in [0.15, 0.2) is 5.96 Å². The van der Waals surface area contributed by atoms with Crippen molar-refractivity contribution in [1.82, 2.24) is 10.6 Å². The molecule has 0 unspecified atom stereocenters. The van der Waals surface area contributed by atoms with Gasteiger partial charge in [0.25, 0.3) is 0 Å². The van der Waals surface area contributed by atoms with E-state index >= 15 is 0 Å². The number of guanidine groups is 1. The number of nitrogens with zero attached hydrogens (tertiary/aromatic N) is 1. The van der Waals surface area contributed by atoms with Gasteiger partial charge in [-0.3, -0.25) is 0 Å². The van der Waals surface area contributed by atoms with Crippen molar-refractivity contribution in [3.8, 4) is 5.75 Å². The van der Waals surface area contributed by atoms with Gasteiger partial charge in [-0.15, -0.1) is 0 Å². The topological polar surface area (TPSA) is 64.1 Å². The van der Waals surface area contributed by atoms with Crippen molar-refractivity contribution in [2.24, 2.45) is 4.99 Å². The van der Waals surface area contributed by atoms with E-state index in [4.69, 9.17) is 14.2 Å². The first kappa shape index (κ1) is 20.3. The van der Waals surface area contributed by atoms with Crippen LogP contribution in [0.15, 0.2) is 23.2 Å². The maximum absolute atomic E-state index is 5.44. The molecule has 136 valence electrons. The molecule has 0 heterocycles. The summed E-state index contributed by atoms with van der Waals surface area (Å²) >= 11 is 0. The van der Waals surface area contributed by atoms with Crippen LogP contribution in [0, 0.1) is 6.92 Å². The Morgan fingerprint density at radius 3 is 2.62 bits per heavy atom. The first-order chi connectivity index (χ1) is 11.7. The Kier molecular flexibility index (Phi) is 10.6. The third-order valence-electron chi connectivity index (χ3n) is 3.30. The van der Waals surface area contributed by atoms with Crippen LogP contribution in [-0.4, -0.2) is 53.1 Å². The predicted molar refractivity (Wildman–Crippen MR) is 97.9 cm³/mol. The Labute approximate surface area is 145 Å². The van der Waals surface area contributed by atoms with Gasteiger partial charge in [-0.05, 0) is 43.5 Å². The molecular weight excluding hydrogens is 306 g/mol. The molecule has 6 nitrogen and oxygen atoms in total. The number of hydrogen-bond acceptors (Lipinski definition) is 4. The van der Waals surface area contributed by atoms with Gasteiger partial charge in [0, 0.05) is 26.8 Å². The summed E-state index contributed by atoms with van der Waals surface area (Å²) in [6.45, 7) is 8.35. The number of ether oxygens (including phenoxy) is 3. The lowest BCUT2D eigenvalue weighted by Crippen LogP contribution is -2.38. The van der Waals surface area contributed by atoms with E-state index in [1.54, 1.807) is 14.2 Å². The standard InChI is InChI=1S/C18H31N3O3/c1-5-19-18(20-7-6-8-24-10-9-22-3)21-14-16-11-15(2)12-17(13-16)23-4/h11-13H,5-10,14H2,1-4H3,(H2,19,20,21). The quantitative estimate of drug-likeness (QED) is 0.368. The van der Waals surface area contributed by atoms with Gasteiger partial charge >= 0.3 is 0 Å².